The molecular weight excluding hydrogens is 478 g/mol. The normalized spacial score (nSPS) is 20.7. The minimum Gasteiger partial charge on any atom is -0.503 e. The van der Waals surface area contributed by atoms with E-state index in [2.05, 4.69) is 52.9 Å². The molecule has 7 heteroatoms. The van der Waals surface area contributed by atoms with Crippen LogP contribution in [0.15, 0.2) is 65.0 Å². The van der Waals surface area contributed by atoms with Gasteiger partial charge in [0.25, 0.3) is 0 Å². The van der Waals surface area contributed by atoms with Gasteiger partial charge in [-0.1, -0.05) is 43.0 Å². The molecule has 0 aromatic heterocycles. The highest BCUT2D eigenvalue weighted by Crippen LogP contribution is 2.30. The average molecular weight is 512 g/mol. The fourth-order valence-electron chi connectivity index (χ4n) is 5.16. The Balaban J connectivity index is 1.29. The molecule has 2 aromatic carbocycles. The van der Waals surface area contributed by atoms with E-state index in [-0.39, 0.29) is 36.0 Å². The Labute approximate surface area is 223 Å². The number of cyclic esters (lactones) is 1. The molecule has 3 aliphatic rings. The smallest absolute Gasteiger partial charge is 0.410 e. The van der Waals surface area contributed by atoms with E-state index >= 15 is 0 Å². The van der Waals surface area contributed by atoms with Gasteiger partial charge in [-0.05, 0) is 48.2 Å². The molecule has 0 saturated carbocycles. The highest BCUT2D eigenvalue weighted by Gasteiger charge is 2.33. The van der Waals surface area contributed by atoms with Crippen LogP contribution < -0.4 is 0 Å². The van der Waals surface area contributed by atoms with Crippen molar-refractivity contribution in [3.05, 3.63) is 82.2 Å². The number of carbonyl (C=O) groups excluding carboxylic acids is 2. The standard InChI is InChI=1S/C31H33N3O4/c1-21-16-33(17-21)18-25-7-5-23(6-8-25)3-4-24-9-11-26(12-10-24)27(19-34-22(2)20-38-31(34)37)15-28-30(36)29(35)13-14-32-28/h5-12,14,21-22,27,36H,13,15-20H2,1-2H3/t22-,27?/m0/s1. The molecule has 0 spiro atoms. The number of aliphatic imine (C=N–C) groups is 1. The van der Waals surface area contributed by atoms with E-state index < -0.39 is 0 Å². The van der Waals surface area contributed by atoms with Crippen molar-refractivity contribution in [3.63, 3.8) is 0 Å². The molecule has 196 valence electrons. The number of aliphatic hydroxyl groups is 1. The maximum Gasteiger partial charge on any atom is 0.410 e. The molecule has 5 rings (SSSR count). The number of aliphatic hydroxyl groups excluding tert-OH is 1. The maximum atomic E-state index is 12.3. The number of likely N-dealkylation sites (tertiary alicyclic amines) is 1. The summed E-state index contributed by atoms with van der Waals surface area (Å²) in [5.41, 5.74) is 4.48. The second-order valence-corrected chi connectivity index (χ2v) is 10.6. The van der Waals surface area contributed by atoms with Crippen LogP contribution in [0.1, 0.15) is 54.9 Å². The van der Waals surface area contributed by atoms with Gasteiger partial charge in [0.2, 0.25) is 5.78 Å². The molecule has 2 atom stereocenters. The number of ether oxygens (including phenoxy) is 1. The summed E-state index contributed by atoms with van der Waals surface area (Å²) >= 11 is 0. The van der Waals surface area contributed by atoms with Crippen LogP contribution in [0.5, 0.6) is 0 Å². The Morgan fingerprint density at radius 3 is 2.29 bits per heavy atom. The maximum absolute atomic E-state index is 12.3. The average Bonchev–Trinajstić information content (AvgIpc) is 3.22. The van der Waals surface area contributed by atoms with Gasteiger partial charge in [0.05, 0.1) is 11.7 Å². The van der Waals surface area contributed by atoms with Crippen molar-refractivity contribution in [3.8, 4) is 11.8 Å². The molecule has 1 unspecified atom stereocenters. The van der Waals surface area contributed by atoms with E-state index in [1.807, 2.05) is 31.2 Å². The molecule has 0 bridgehead atoms. The van der Waals surface area contributed by atoms with Gasteiger partial charge in [0, 0.05) is 62.3 Å². The zero-order valence-corrected chi connectivity index (χ0v) is 21.9. The van der Waals surface area contributed by atoms with Crippen molar-refractivity contribution in [2.24, 2.45) is 10.9 Å². The SMILES string of the molecule is CC1CN(Cc2ccc(C#Cc3ccc(C(CC4=C(O)C(=O)CC=N4)CN4C(=O)OC[C@@H]4C)cc3)cc2)C1. The summed E-state index contributed by atoms with van der Waals surface area (Å²) < 4.78 is 5.20. The molecule has 0 radical (unpaired) electrons. The second-order valence-electron chi connectivity index (χ2n) is 10.6. The lowest BCUT2D eigenvalue weighted by Gasteiger charge is -2.37. The number of hydrogen-bond donors (Lipinski definition) is 1. The van der Waals surface area contributed by atoms with Crippen molar-refractivity contribution in [1.29, 1.82) is 0 Å². The summed E-state index contributed by atoms with van der Waals surface area (Å²) in [4.78, 5) is 32.7. The van der Waals surface area contributed by atoms with Crippen molar-refractivity contribution in [2.75, 3.05) is 26.2 Å². The minimum absolute atomic E-state index is 0.0462. The molecule has 3 aliphatic heterocycles. The Morgan fingerprint density at radius 2 is 1.68 bits per heavy atom. The number of hydrogen-bond acceptors (Lipinski definition) is 6. The number of nitrogens with zero attached hydrogens (tertiary/aromatic N) is 3. The topological polar surface area (TPSA) is 82.4 Å². The predicted octanol–water partition coefficient (Wildman–Crippen LogP) is 4.67. The first-order chi connectivity index (χ1) is 18.4. The van der Waals surface area contributed by atoms with Crippen LogP contribution in [-0.4, -0.2) is 65.3 Å². The first-order valence-corrected chi connectivity index (χ1v) is 13.2. The molecule has 7 nitrogen and oxygen atoms in total. The van der Waals surface area contributed by atoms with Crippen LogP contribution in [0.4, 0.5) is 4.79 Å². The number of rotatable bonds is 7. The summed E-state index contributed by atoms with van der Waals surface area (Å²) in [5.74, 6) is 6.48. The van der Waals surface area contributed by atoms with Crippen molar-refractivity contribution >= 4 is 18.1 Å². The largest absolute Gasteiger partial charge is 0.503 e. The number of allylic oxidation sites excluding steroid dienone is 2. The fraction of sp³-hybridized carbons (Fsp3) is 0.387. The monoisotopic (exact) mass is 511 g/mol. The number of benzene rings is 2. The van der Waals surface area contributed by atoms with E-state index in [1.54, 1.807) is 4.90 Å². The fourth-order valence-corrected chi connectivity index (χ4v) is 5.16. The van der Waals surface area contributed by atoms with Crippen LogP contribution in [0.3, 0.4) is 0 Å². The number of ketones is 1. The van der Waals surface area contributed by atoms with Crippen molar-refractivity contribution < 1.29 is 19.4 Å². The van der Waals surface area contributed by atoms with Gasteiger partial charge < -0.3 is 14.7 Å². The first-order valence-electron chi connectivity index (χ1n) is 13.2. The molecule has 1 amide bonds. The first kappa shape index (κ1) is 25.7. The molecule has 38 heavy (non-hydrogen) atoms. The van der Waals surface area contributed by atoms with Gasteiger partial charge >= 0.3 is 6.09 Å². The third kappa shape index (κ3) is 5.98. The summed E-state index contributed by atoms with van der Waals surface area (Å²) in [5, 5.41) is 10.3. The Bertz CT molecular complexity index is 1310. The lowest BCUT2D eigenvalue weighted by molar-refractivity contribution is -0.117. The van der Waals surface area contributed by atoms with Gasteiger partial charge in [0.15, 0.2) is 5.76 Å². The molecular formula is C31H33N3O4. The van der Waals surface area contributed by atoms with Crippen molar-refractivity contribution in [2.45, 2.75) is 45.2 Å². The molecule has 2 aromatic rings. The molecule has 2 saturated heterocycles. The lowest BCUT2D eigenvalue weighted by Crippen LogP contribution is -2.44. The predicted molar refractivity (Wildman–Crippen MR) is 146 cm³/mol. The van der Waals surface area contributed by atoms with Crippen LogP contribution in [0, 0.1) is 17.8 Å². The van der Waals surface area contributed by atoms with E-state index in [1.165, 1.54) is 24.9 Å². The van der Waals surface area contributed by atoms with E-state index in [0.29, 0.717) is 25.3 Å². The third-order valence-corrected chi connectivity index (χ3v) is 7.37. The van der Waals surface area contributed by atoms with Gasteiger partial charge in [0.1, 0.15) is 6.61 Å². The second kappa shape index (κ2) is 11.2. The summed E-state index contributed by atoms with van der Waals surface area (Å²) in [6.45, 7) is 8.30. The Kier molecular flexibility index (Phi) is 7.62. The van der Waals surface area contributed by atoms with Crippen LogP contribution in [0.25, 0.3) is 0 Å². The highest BCUT2D eigenvalue weighted by atomic mass is 16.6. The minimum atomic E-state index is -0.350. The quantitative estimate of drug-likeness (QED) is 0.547. The Morgan fingerprint density at radius 1 is 1.03 bits per heavy atom. The number of Topliss-reactive ketones (excluding diaryl/α,β-unsaturated/α-hetero) is 1. The zero-order valence-electron chi connectivity index (χ0n) is 21.9. The molecule has 1 N–H and O–H groups in total. The van der Waals surface area contributed by atoms with Gasteiger partial charge in [-0.25, -0.2) is 4.79 Å². The highest BCUT2D eigenvalue weighted by molar-refractivity contribution is 6.04. The van der Waals surface area contributed by atoms with E-state index in [0.717, 1.165) is 29.2 Å². The number of amides is 1. The molecule has 0 aliphatic carbocycles. The summed E-state index contributed by atoms with van der Waals surface area (Å²) in [7, 11) is 0. The zero-order chi connectivity index (χ0) is 26.6. The Hall–Kier alpha value is -3.89. The van der Waals surface area contributed by atoms with Crippen LogP contribution >= 0.6 is 0 Å². The van der Waals surface area contributed by atoms with Gasteiger partial charge in [-0.3, -0.25) is 14.7 Å². The molecule has 3 heterocycles. The lowest BCUT2D eigenvalue weighted by atomic mass is 9.91. The number of carbonyl (C=O) groups is 2. The van der Waals surface area contributed by atoms with E-state index in [9.17, 15) is 14.7 Å². The van der Waals surface area contributed by atoms with E-state index in [4.69, 9.17) is 4.74 Å². The van der Waals surface area contributed by atoms with Gasteiger partial charge in [-0.15, -0.1) is 0 Å². The van der Waals surface area contributed by atoms with Gasteiger partial charge in [-0.2, -0.15) is 0 Å². The third-order valence-electron chi connectivity index (χ3n) is 7.37. The van der Waals surface area contributed by atoms with Crippen LogP contribution in [-0.2, 0) is 16.1 Å². The van der Waals surface area contributed by atoms with Crippen LogP contribution in [0.2, 0.25) is 0 Å². The summed E-state index contributed by atoms with van der Waals surface area (Å²) in [6, 6.07) is 16.3. The van der Waals surface area contributed by atoms with Crippen molar-refractivity contribution in [1.82, 2.24) is 9.80 Å². The summed E-state index contributed by atoms with van der Waals surface area (Å²) in [6.07, 6.45) is 1.61. The molecule has 2 fully saturated rings.